The Labute approximate surface area is 123 Å². The fourth-order valence-corrected chi connectivity index (χ4v) is 3.72. The highest BCUT2D eigenvalue weighted by Gasteiger charge is 2.30. The first-order valence-electron chi connectivity index (χ1n) is 7.75. The van der Waals surface area contributed by atoms with Gasteiger partial charge in [-0.25, -0.2) is 0 Å². The van der Waals surface area contributed by atoms with Gasteiger partial charge in [-0.2, -0.15) is 11.8 Å². The van der Waals surface area contributed by atoms with Crippen LogP contribution in [0.4, 0.5) is 0 Å². The molecule has 114 valence electrons. The summed E-state index contributed by atoms with van der Waals surface area (Å²) in [5.41, 5.74) is 0. The largest absolute Gasteiger partial charge is 0.353 e. The lowest BCUT2D eigenvalue weighted by Crippen LogP contribution is -2.40. The third-order valence-corrected chi connectivity index (χ3v) is 5.33. The normalized spacial score (nSPS) is 18.9. The predicted molar refractivity (Wildman–Crippen MR) is 83.9 cm³/mol. The van der Waals surface area contributed by atoms with Crippen LogP contribution in [0, 0.1) is 0 Å². The van der Waals surface area contributed by atoms with Crippen LogP contribution in [0.3, 0.4) is 0 Å². The zero-order valence-electron chi connectivity index (χ0n) is 12.9. The highest BCUT2D eigenvalue weighted by Crippen LogP contribution is 2.37. The minimum atomic E-state index is -0.0425. The standard InChI is InChI=1S/C15H31NO2S/c1-4-17-14(18-5-2)9-12-16-13-15(19-3)10-7-6-8-11-15/h14,16H,4-13H2,1-3H3. The summed E-state index contributed by atoms with van der Waals surface area (Å²) in [7, 11) is 0. The van der Waals surface area contributed by atoms with Crippen molar-refractivity contribution in [2.24, 2.45) is 0 Å². The van der Waals surface area contributed by atoms with Gasteiger partial charge in [-0.15, -0.1) is 0 Å². The molecule has 0 atom stereocenters. The lowest BCUT2D eigenvalue weighted by atomic mass is 9.88. The van der Waals surface area contributed by atoms with Crippen LogP contribution < -0.4 is 5.32 Å². The Morgan fingerprint density at radius 3 is 2.26 bits per heavy atom. The number of rotatable bonds is 10. The van der Waals surface area contributed by atoms with E-state index < -0.39 is 0 Å². The van der Waals surface area contributed by atoms with Crippen LogP contribution in [0.15, 0.2) is 0 Å². The monoisotopic (exact) mass is 289 g/mol. The van der Waals surface area contributed by atoms with Crippen molar-refractivity contribution in [2.45, 2.75) is 63.4 Å². The average molecular weight is 289 g/mol. The van der Waals surface area contributed by atoms with Crippen molar-refractivity contribution in [1.29, 1.82) is 0 Å². The molecule has 19 heavy (non-hydrogen) atoms. The lowest BCUT2D eigenvalue weighted by Gasteiger charge is -2.36. The van der Waals surface area contributed by atoms with Crippen LogP contribution in [0.25, 0.3) is 0 Å². The van der Waals surface area contributed by atoms with Crippen LogP contribution >= 0.6 is 11.8 Å². The van der Waals surface area contributed by atoms with E-state index in [1.165, 1.54) is 32.1 Å². The molecule has 0 aromatic rings. The maximum Gasteiger partial charge on any atom is 0.158 e. The highest BCUT2D eigenvalue weighted by atomic mass is 32.2. The van der Waals surface area contributed by atoms with Gasteiger partial charge in [0.15, 0.2) is 6.29 Å². The second-order valence-corrected chi connectivity index (χ2v) is 6.53. The van der Waals surface area contributed by atoms with Gasteiger partial charge >= 0.3 is 0 Å². The topological polar surface area (TPSA) is 30.5 Å². The third-order valence-electron chi connectivity index (χ3n) is 3.91. The molecule has 0 aromatic carbocycles. The molecular formula is C15H31NO2S. The first kappa shape index (κ1) is 17.3. The average Bonchev–Trinajstić information content (AvgIpc) is 2.45. The fourth-order valence-electron chi connectivity index (χ4n) is 2.77. The van der Waals surface area contributed by atoms with Crippen molar-refractivity contribution < 1.29 is 9.47 Å². The highest BCUT2D eigenvalue weighted by molar-refractivity contribution is 8.00. The first-order valence-corrected chi connectivity index (χ1v) is 8.98. The Balaban J connectivity index is 2.20. The molecule has 0 aromatic heterocycles. The van der Waals surface area contributed by atoms with Gasteiger partial charge in [0.1, 0.15) is 0 Å². The van der Waals surface area contributed by atoms with Gasteiger partial charge in [-0.3, -0.25) is 0 Å². The summed E-state index contributed by atoms with van der Waals surface area (Å²) in [6, 6.07) is 0. The van der Waals surface area contributed by atoms with Gasteiger partial charge in [0.25, 0.3) is 0 Å². The molecule has 0 heterocycles. The van der Waals surface area contributed by atoms with Crippen molar-refractivity contribution >= 4 is 11.8 Å². The van der Waals surface area contributed by atoms with Crippen LogP contribution in [0.5, 0.6) is 0 Å². The quantitative estimate of drug-likeness (QED) is 0.493. The van der Waals surface area contributed by atoms with E-state index in [9.17, 15) is 0 Å². The molecule has 0 unspecified atom stereocenters. The molecular weight excluding hydrogens is 258 g/mol. The fraction of sp³-hybridized carbons (Fsp3) is 1.00. The Morgan fingerprint density at radius 1 is 1.11 bits per heavy atom. The minimum absolute atomic E-state index is 0.0425. The number of hydrogen-bond donors (Lipinski definition) is 1. The molecule has 0 spiro atoms. The molecule has 1 saturated carbocycles. The first-order chi connectivity index (χ1) is 9.26. The van der Waals surface area contributed by atoms with E-state index in [2.05, 4.69) is 11.6 Å². The molecule has 4 heteroatoms. The molecule has 0 radical (unpaired) electrons. The number of nitrogens with one attached hydrogen (secondary N) is 1. The summed E-state index contributed by atoms with van der Waals surface area (Å²) in [6.45, 7) is 7.58. The maximum atomic E-state index is 5.56. The summed E-state index contributed by atoms with van der Waals surface area (Å²) >= 11 is 2.05. The van der Waals surface area contributed by atoms with Crippen molar-refractivity contribution in [1.82, 2.24) is 5.32 Å². The molecule has 1 aliphatic carbocycles. The van der Waals surface area contributed by atoms with E-state index in [0.717, 1.165) is 32.7 Å². The Bertz CT molecular complexity index is 214. The minimum Gasteiger partial charge on any atom is -0.353 e. The van der Waals surface area contributed by atoms with Crippen molar-refractivity contribution in [3.05, 3.63) is 0 Å². The van der Waals surface area contributed by atoms with Crippen LogP contribution in [0.2, 0.25) is 0 Å². The SMILES string of the molecule is CCOC(CCNCC1(SC)CCCCC1)OCC. The van der Waals surface area contributed by atoms with E-state index >= 15 is 0 Å². The van der Waals surface area contributed by atoms with Gasteiger partial charge in [-0.1, -0.05) is 19.3 Å². The van der Waals surface area contributed by atoms with Gasteiger partial charge in [-0.05, 0) is 32.9 Å². The molecule has 1 N–H and O–H groups in total. The summed E-state index contributed by atoms with van der Waals surface area (Å²) < 4.78 is 11.6. The summed E-state index contributed by atoms with van der Waals surface area (Å²) in [5, 5.41) is 3.61. The van der Waals surface area contributed by atoms with Crippen molar-refractivity contribution in [2.75, 3.05) is 32.6 Å². The van der Waals surface area contributed by atoms with Gasteiger partial charge < -0.3 is 14.8 Å². The van der Waals surface area contributed by atoms with E-state index in [1.807, 2.05) is 25.6 Å². The Hall–Kier alpha value is 0.230. The Kier molecular flexibility index (Phi) is 9.12. The molecule has 1 rings (SSSR count). The van der Waals surface area contributed by atoms with Gasteiger partial charge in [0.2, 0.25) is 0 Å². The zero-order chi connectivity index (χ0) is 14.0. The molecule has 0 saturated heterocycles. The second kappa shape index (κ2) is 10.0. The molecule has 3 nitrogen and oxygen atoms in total. The smallest absolute Gasteiger partial charge is 0.158 e. The summed E-state index contributed by atoms with van der Waals surface area (Å²) in [4.78, 5) is 0. The van der Waals surface area contributed by atoms with Gasteiger partial charge in [0, 0.05) is 37.5 Å². The predicted octanol–water partition coefficient (Wildman–Crippen LogP) is 3.43. The van der Waals surface area contributed by atoms with E-state index in [0.29, 0.717) is 4.75 Å². The van der Waals surface area contributed by atoms with E-state index in [4.69, 9.17) is 9.47 Å². The summed E-state index contributed by atoms with van der Waals surface area (Å²) in [6.07, 6.45) is 10.1. The molecule has 1 fully saturated rings. The van der Waals surface area contributed by atoms with E-state index in [1.54, 1.807) is 0 Å². The third kappa shape index (κ3) is 6.48. The zero-order valence-corrected chi connectivity index (χ0v) is 13.7. The second-order valence-electron chi connectivity index (χ2n) is 5.25. The van der Waals surface area contributed by atoms with Gasteiger partial charge in [0.05, 0.1) is 0 Å². The molecule has 0 aliphatic heterocycles. The van der Waals surface area contributed by atoms with Crippen LogP contribution in [-0.4, -0.2) is 43.6 Å². The maximum absolute atomic E-state index is 5.56. The van der Waals surface area contributed by atoms with Crippen LogP contribution in [0.1, 0.15) is 52.4 Å². The van der Waals surface area contributed by atoms with Crippen molar-refractivity contribution in [3.8, 4) is 0 Å². The number of hydrogen-bond acceptors (Lipinski definition) is 4. The molecule has 1 aliphatic rings. The summed E-state index contributed by atoms with van der Waals surface area (Å²) in [5.74, 6) is 0. The Morgan fingerprint density at radius 2 is 1.74 bits per heavy atom. The van der Waals surface area contributed by atoms with Crippen molar-refractivity contribution in [3.63, 3.8) is 0 Å². The molecule has 0 amide bonds. The van der Waals surface area contributed by atoms with E-state index in [-0.39, 0.29) is 6.29 Å². The number of ether oxygens (including phenoxy) is 2. The van der Waals surface area contributed by atoms with Crippen LogP contribution in [-0.2, 0) is 9.47 Å². The molecule has 0 bridgehead atoms. The lowest BCUT2D eigenvalue weighted by molar-refractivity contribution is -0.138. The number of thioether (sulfide) groups is 1.